The van der Waals surface area contributed by atoms with Crippen LogP contribution >= 0.6 is 0 Å². The third-order valence-corrected chi connectivity index (χ3v) is 5.84. The zero-order chi connectivity index (χ0) is 24.9. The van der Waals surface area contributed by atoms with Gasteiger partial charge in [0.1, 0.15) is 0 Å². The highest BCUT2D eigenvalue weighted by Crippen LogP contribution is 2.37. The molecule has 4 rings (SSSR count). The number of anilines is 1. The van der Waals surface area contributed by atoms with Crippen molar-refractivity contribution in [2.45, 2.75) is 25.9 Å². The lowest BCUT2D eigenvalue weighted by atomic mass is 10.0. The molecule has 1 aliphatic rings. The molecule has 9 heteroatoms. The number of nitro groups is 1. The van der Waals surface area contributed by atoms with E-state index in [1.807, 2.05) is 31.2 Å². The van der Waals surface area contributed by atoms with E-state index in [0.29, 0.717) is 35.9 Å². The lowest BCUT2D eigenvalue weighted by molar-refractivity contribution is -0.384. The van der Waals surface area contributed by atoms with E-state index in [9.17, 15) is 19.7 Å². The summed E-state index contributed by atoms with van der Waals surface area (Å²) in [6.45, 7) is 2.72. The highest BCUT2D eigenvalue weighted by molar-refractivity contribution is 5.99. The Labute approximate surface area is 202 Å². The minimum Gasteiger partial charge on any atom is -0.493 e. The molecule has 0 fully saturated rings. The second-order valence-electron chi connectivity index (χ2n) is 8.01. The molecule has 0 saturated carbocycles. The van der Waals surface area contributed by atoms with Crippen LogP contribution in [-0.2, 0) is 11.3 Å². The van der Waals surface area contributed by atoms with Crippen molar-refractivity contribution in [2.75, 3.05) is 19.0 Å². The predicted octanol–water partition coefficient (Wildman–Crippen LogP) is 4.73. The lowest BCUT2D eigenvalue weighted by Crippen LogP contribution is -2.32. The summed E-state index contributed by atoms with van der Waals surface area (Å²) in [6.07, 6.45) is -0.0200. The molecule has 9 nitrogen and oxygen atoms in total. The standard InChI is InChI=1S/C26H25N3O6/c1-3-35-23-13-8-17(14-24(23)34-2)22(28-16-18-6-4-5-7-21(18)26(28)31)15-25(30)27-19-9-11-20(12-10-19)29(32)33/h4-14,22H,3,15-16H2,1-2H3,(H,27,30). The molecule has 0 saturated heterocycles. The van der Waals surface area contributed by atoms with E-state index in [4.69, 9.17) is 9.47 Å². The van der Waals surface area contributed by atoms with Crippen LogP contribution in [0.25, 0.3) is 0 Å². The first-order valence-electron chi connectivity index (χ1n) is 11.1. The Balaban J connectivity index is 1.62. The smallest absolute Gasteiger partial charge is 0.269 e. The van der Waals surface area contributed by atoms with Gasteiger partial charge in [-0.1, -0.05) is 24.3 Å². The van der Waals surface area contributed by atoms with Gasteiger partial charge in [0.25, 0.3) is 11.6 Å². The van der Waals surface area contributed by atoms with Crippen molar-refractivity contribution in [3.8, 4) is 11.5 Å². The Morgan fingerprint density at radius 2 is 1.86 bits per heavy atom. The van der Waals surface area contributed by atoms with E-state index < -0.39 is 11.0 Å². The van der Waals surface area contributed by atoms with Crippen molar-refractivity contribution in [2.24, 2.45) is 0 Å². The fourth-order valence-corrected chi connectivity index (χ4v) is 4.16. The number of non-ortho nitro benzene ring substituents is 1. The van der Waals surface area contributed by atoms with Crippen molar-refractivity contribution < 1.29 is 24.0 Å². The Bertz CT molecular complexity index is 1260. The van der Waals surface area contributed by atoms with Crippen LogP contribution in [0.4, 0.5) is 11.4 Å². The average molecular weight is 476 g/mol. The highest BCUT2D eigenvalue weighted by Gasteiger charge is 2.35. The van der Waals surface area contributed by atoms with Crippen LogP contribution in [0.2, 0.25) is 0 Å². The maximum absolute atomic E-state index is 13.3. The number of methoxy groups -OCH3 is 1. The zero-order valence-electron chi connectivity index (χ0n) is 19.4. The first-order valence-corrected chi connectivity index (χ1v) is 11.1. The molecule has 1 atom stereocenters. The number of nitro benzene ring substituents is 1. The number of benzene rings is 3. The molecule has 0 aliphatic carbocycles. The number of hydrogen-bond donors (Lipinski definition) is 1. The van der Waals surface area contributed by atoms with E-state index in [1.54, 1.807) is 23.1 Å². The van der Waals surface area contributed by atoms with Gasteiger partial charge in [-0.2, -0.15) is 0 Å². The zero-order valence-corrected chi connectivity index (χ0v) is 19.4. The Morgan fingerprint density at radius 1 is 1.11 bits per heavy atom. The van der Waals surface area contributed by atoms with Crippen molar-refractivity contribution in [1.29, 1.82) is 0 Å². The van der Waals surface area contributed by atoms with Crippen LogP contribution in [0.5, 0.6) is 11.5 Å². The molecule has 2 amide bonds. The van der Waals surface area contributed by atoms with Crippen molar-refractivity contribution in [3.05, 3.63) is 93.5 Å². The van der Waals surface area contributed by atoms with Crippen molar-refractivity contribution >= 4 is 23.2 Å². The summed E-state index contributed by atoms with van der Waals surface area (Å²) in [5.74, 6) is 0.597. The fraction of sp³-hybridized carbons (Fsp3) is 0.231. The van der Waals surface area contributed by atoms with Crippen LogP contribution in [0, 0.1) is 10.1 Å². The number of amides is 2. The average Bonchev–Trinajstić information content (AvgIpc) is 3.19. The molecule has 180 valence electrons. The number of carbonyl (C=O) groups excluding carboxylic acids is 2. The summed E-state index contributed by atoms with van der Waals surface area (Å²) in [5, 5.41) is 13.7. The van der Waals surface area contributed by atoms with Gasteiger partial charge in [0.15, 0.2) is 11.5 Å². The van der Waals surface area contributed by atoms with Gasteiger partial charge in [-0.05, 0) is 48.4 Å². The molecule has 1 unspecified atom stereocenters. The van der Waals surface area contributed by atoms with Gasteiger partial charge < -0.3 is 19.7 Å². The number of fused-ring (bicyclic) bond motifs is 1. The van der Waals surface area contributed by atoms with E-state index >= 15 is 0 Å². The van der Waals surface area contributed by atoms with Crippen LogP contribution in [-0.4, -0.2) is 35.4 Å². The number of ether oxygens (including phenoxy) is 2. The quantitative estimate of drug-likeness (QED) is 0.354. The molecule has 0 bridgehead atoms. The van der Waals surface area contributed by atoms with Crippen molar-refractivity contribution in [3.63, 3.8) is 0 Å². The summed E-state index contributed by atoms with van der Waals surface area (Å²) < 4.78 is 11.1. The van der Waals surface area contributed by atoms with E-state index in [2.05, 4.69) is 5.32 Å². The molecule has 0 radical (unpaired) electrons. The largest absolute Gasteiger partial charge is 0.493 e. The Hall–Kier alpha value is -4.40. The van der Waals surface area contributed by atoms with Crippen LogP contribution in [0.1, 0.15) is 40.9 Å². The van der Waals surface area contributed by atoms with Gasteiger partial charge in [-0.25, -0.2) is 0 Å². The molecule has 1 aliphatic heterocycles. The number of carbonyl (C=O) groups is 2. The molecule has 3 aromatic rings. The topological polar surface area (TPSA) is 111 Å². The highest BCUT2D eigenvalue weighted by atomic mass is 16.6. The van der Waals surface area contributed by atoms with Gasteiger partial charge in [-0.3, -0.25) is 19.7 Å². The molecule has 1 N–H and O–H groups in total. The van der Waals surface area contributed by atoms with Gasteiger partial charge in [0, 0.05) is 29.9 Å². The number of nitrogens with one attached hydrogen (secondary N) is 1. The van der Waals surface area contributed by atoms with Crippen LogP contribution < -0.4 is 14.8 Å². The third kappa shape index (κ3) is 5.08. The fourth-order valence-electron chi connectivity index (χ4n) is 4.16. The Kier molecular flexibility index (Phi) is 6.96. The maximum atomic E-state index is 13.3. The van der Waals surface area contributed by atoms with Gasteiger partial charge >= 0.3 is 0 Å². The SMILES string of the molecule is CCOc1ccc(C(CC(=O)Nc2ccc([N+](=O)[O-])cc2)N2Cc3ccccc3C2=O)cc1OC. The number of hydrogen-bond acceptors (Lipinski definition) is 6. The summed E-state index contributed by atoms with van der Waals surface area (Å²) in [7, 11) is 1.54. The molecule has 0 spiro atoms. The van der Waals surface area contributed by atoms with E-state index in [-0.39, 0.29) is 23.9 Å². The Morgan fingerprint density at radius 3 is 2.51 bits per heavy atom. The first kappa shape index (κ1) is 23.7. The monoisotopic (exact) mass is 475 g/mol. The summed E-state index contributed by atoms with van der Waals surface area (Å²) in [4.78, 5) is 38.3. The minimum absolute atomic E-state index is 0.0200. The first-order chi connectivity index (χ1) is 16.9. The lowest BCUT2D eigenvalue weighted by Gasteiger charge is -2.28. The van der Waals surface area contributed by atoms with Crippen molar-refractivity contribution in [1.82, 2.24) is 4.90 Å². The molecular formula is C26H25N3O6. The predicted molar refractivity (Wildman–Crippen MR) is 130 cm³/mol. The summed E-state index contributed by atoms with van der Waals surface area (Å²) >= 11 is 0. The number of rotatable bonds is 9. The van der Waals surface area contributed by atoms with E-state index in [0.717, 1.165) is 11.1 Å². The molecular weight excluding hydrogens is 450 g/mol. The normalized spacial score (nSPS) is 13.2. The number of nitrogens with zero attached hydrogens (tertiary/aromatic N) is 2. The van der Waals surface area contributed by atoms with Gasteiger partial charge in [-0.15, -0.1) is 0 Å². The second kappa shape index (κ2) is 10.3. The molecule has 35 heavy (non-hydrogen) atoms. The molecule has 0 aromatic heterocycles. The minimum atomic E-state index is -0.572. The van der Waals surface area contributed by atoms with Crippen LogP contribution in [0.15, 0.2) is 66.7 Å². The summed E-state index contributed by atoms with van der Waals surface area (Å²) in [5.41, 5.74) is 2.61. The second-order valence-corrected chi connectivity index (χ2v) is 8.01. The molecule has 1 heterocycles. The van der Waals surface area contributed by atoms with Gasteiger partial charge in [0.2, 0.25) is 5.91 Å². The van der Waals surface area contributed by atoms with E-state index in [1.165, 1.54) is 31.4 Å². The summed E-state index contributed by atoms with van der Waals surface area (Å²) in [6, 6.07) is 17.8. The van der Waals surface area contributed by atoms with Gasteiger partial charge in [0.05, 0.1) is 31.1 Å². The third-order valence-electron chi connectivity index (χ3n) is 5.84. The van der Waals surface area contributed by atoms with Crippen LogP contribution in [0.3, 0.4) is 0 Å². The molecule has 3 aromatic carbocycles. The maximum Gasteiger partial charge on any atom is 0.269 e.